The molecule has 0 aliphatic carbocycles. The predicted molar refractivity (Wildman–Crippen MR) is 81.7 cm³/mol. The molecule has 1 saturated heterocycles. The molecule has 0 aromatic carbocycles. The van der Waals surface area contributed by atoms with E-state index in [0.717, 1.165) is 18.1 Å². The van der Waals surface area contributed by atoms with Gasteiger partial charge in [-0.15, -0.1) is 11.3 Å². The third-order valence-electron chi connectivity index (χ3n) is 3.48. The SMILES string of the molecule is CCOC[C@H](O)CN1CCN(C(=O)c2csc(C)n2)CC1. The van der Waals surface area contributed by atoms with Crippen LogP contribution in [0.25, 0.3) is 0 Å². The summed E-state index contributed by atoms with van der Waals surface area (Å²) in [6.45, 7) is 8.30. The van der Waals surface area contributed by atoms with Gasteiger partial charge in [-0.2, -0.15) is 0 Å². The summed E-state index contributed by atoms with van der Waals surface area (Å²) in [5.41, 5.74) is 0.544. The highest BCUT2D eigenvalue weighted by Crippen LogP contribution is 2.12. The van der Waals surface area contributed by atoms with Crippen LogP contribution in [0.5, 0.6) is 0 Å². The molecular formula is C14H23N3O3S. The molecule has 1 aromatic heterocycles. The summed E-state index contributed by atoms with van der Waals surface area (Å²) in [6, 6.07) is 0. The van der Waals surface area contributed by atoms with E-state index in [4.69, 9.17) is 4.74 Å². The lowest BCUT2D eigenvalue weighted by Crippen LogP contribution is -2.50. The number of amides is 1. The van der Waals surface area contributed by atoms with E-state index in [-0.39, 0.29) is 5.91 Å². The van der Waals surface area contributed by atoms with E-state index >= 15 is 0 Å². The van der Waals surface area contributed by atoms with Crippen LogP contribution in [0.3, 0.4) is 0 Å². The van der Waals surface area contributed by atoms with Gasteiger partial charge in [0, 0.05) is 44.7 Å². The number of aromatic nitrogens is 1. The van der Waals surface area contributed by atoms with Gasteiger partial charge >= 0.3 is 0 Å². The van der Waals surface area contributed by atoms with Crippen molar-refractivity contribution in [3.63, 3.8) is 0 Å². The summed E-state index contributed by atoms with van der Waals surface area (Å²) < 4.78 is 5.21. The number of nitrogens with zero attached hydrogens (tertiary/aromatic N) is 3. The first kappa shape index (κ1) is 16.4. The molecular weight excluding hydrogens is 290 g/mol. The monoisotopic (exact) mass is 313 g/mol. The van der Waals surface area contributed by atoms with Gasteiger partial charge in [-0.25, -0.2) is 4.98 Å². The van der Waals surface area contributed by atoms with Crippen molar-refractivity contribution in [2.24, 2.45) is 0 Å². The van der Waals surface area contributed by atoms with E-state index in [0.29, 0.717) is 38.5 Å². The molecule has 118 valence electrons. The van der Waals surface area contributed by atoms with Crippen molar-refractivity contribution in [1.29, 1.82) is 0 Å². The van der Waals surface area contributed by atoms with E-state index < -0.39 is 6.10 Å². The van der Waals surface area contributed by atoms with Crippen molar-refractivity contribution >= 4 is 17.2 Å². The van der Waals surface area contributed by atoms with E-state index in [1.54, 1.807) is 0 Å². The number of aliphatic hydroxyl groups excluding tert-OH is 1. The zero-order chi connectivity index (χ0) is 15.2. The van der Waals surface area contributed by atoms with Crippen molar-refractivity contribution in [2.45, 2.75) is 20.0 Å². The van der Waals surface area contributed by atoms with Gasteiger partial charge < -0.3 is 14.7 Å². The van der Waals surface area contributed by atoms with Crippen molar-refractivity contribution in [1.82, 2.24) is 14.8 Å². The number of aliphatic hydroxyl groups is 1. The van der Waals surface area contributed by atoms with Crippen LogP contribution in [0.4, 0.5) is 0 Å². The molecule has 0 saturated carbocycles. The van der Waals surface area contributed by atoms with E-state index in [2.05, 4.69) is 9.88 Å². The maximum Gasteiger partial charge on any atom is 0.273 e. The number of carbonyl (C=O) groups excluding carboxylic acids is 1. The Morgan fingerprint density at radius 1 is 1.48 bits per heavy atom. The van der Waals surface area contributed by atoms with Crippen LogP contribution in [0.1, 0.15) is 22.4 Å². The average molecular weight is 313 g/mol. The fraction of sp³-hybridized carbons (Fsp3) is 0.714. The highest BCUT2D eigenvalue weighted by atomic mass is 32.1. The molecule has 1 fully saturated rings. The largest absolute Gasteiger partial charge is 0.389 e. The second-order valence-electron chi connectivity index (χ2n) is 5.16. The lowest BCUT2D eigenvalue weighted by molar-refractivity contribution is 0.0110. The molecule has 1 amide bonds. The standard InChI is InChI=1S/C14H23N3O3S/c1-3-20-9-12(18)8-16-4-6-17(7-5-16)14(19)13-10-21-11(2)15-13/h10,12,18H,3-9H2,1-2H3/t12-/m1/s1. The van der Waals surface area contributed by atoms with Crippen LogP contribution >= 0.6 is 11.3 Å². The Hall–Kier alpha value is -1.02. The smallest absolute Gasteiger partial charge is 0.273 e. The molecule has 1 N–H and O–H groups in total. The maximum atomic E-state index is 12.3. The van der Waals surface area contributed by atoms with E-state index in [1.165, 1.54) is 11.3 Å². The second kappa shape index (κ2) is 7.84. The first-order chi connectivity index (χ1) is 10.1. The lowest BCUT2D eigenvalue weighted by Gasteiger charge is -2.35. The van der Waals surface area contributed by atoms with E-state index in [1.807, 2.05) is 24.1 Å². The third-order valence-corrected chi connectivity index (χ3v) is 4.25. The molecule has 0 spiro atoms. The Morgan fingerprint density at radius 2 is 2.19 bits per heavy atom. The Morgan fingerprint density at radius 3 is 2.76 bits per heavy atom. The van der Waals surface area contributed by atoms with Crippen molar-refractivity contribution in [3.05, 3.63) is 16.1 Å². The summed E-state index contributed by atoms with van der Waals surface area (Å²) in [5, 5.41) is 12.6. The Balaban J connectivity index is 1.76. The summed E-state index contributed by atoms with van der Waals surface area (Å²) in [5.74, 6) is 0.00821. The predicted octanol–water partition coefficient (Wildman–Crippen LogP) is 0.607. The molecule has 0 radical (unpaired) electrons. The van der Waals surface area contributed by atoms with Gasteiger partial charge in [0.25, 0.3) is 5.91 Å². The molecule has 1 atom stereocenters. The number of ether oxygens (including phenoxy) is 1. The fourth-order valence-corrected chi connectivity index (χ4v) is 2.95. The number of piperazine rings is 1. The number of aryl methyl sites for hydroxylation is 1. The van der Waals surface area contributed by atoms with Gasteiger partial charge in [0.1, 0.15) is 5.69 Å². The van der Waals surface area contributed by atoms with Crippen LogP contribution in [0.15, 0.2) is 5.38 Å². The van der Waals surface area contributed by atoms with E-state index in [9.17, 15) is 9.90 Å². The highest BCUT2D eigenvalue weighted by Gasteiger charge is 2.24. The van der Waals surface area contributed by atoms with Crippen LogP contribution in [0.2, 0.25) is 0 Å². The minimum Gasteiger partial charge on any atom is -0.389 e. The quantitative estimate of drug-likeness (QED) is 0.833. The first-order valence-corrected chi connectivity index (χ1v) is 8.17. The van der Waals surface area contributed by atoms with Crippen molar-refractivity contribution < 1.29 is 14.6 Å². The zero-order valence-electron chi connectivity index (χ0n) is 12.6. The molecule has 1 aromatic rings. The summed E-state index contributed by atoms with van der Waals surface area (Å²) in [6.07, 6.45) is -0.464. The van der Waals surface area contributed by atoms with Gasteiger partial charge in [0.2, 0.25) is 0 Å². The number of rotatable bonds is 6. The van der Waals surface area contributed by atoms with Crippen molar-refractivity contribution in [3.8, 4) is 0 Å². The molecule has 0 bridgehead atoms. The number of hydrogen-bond acceptors (Lipinski definition) is 6. The Labute approximate surface area is 129 Å². The third kappa shape index (κ3) is 4.74. The number of β-amino-alcohol motifs (C(OH)–C–C–N with tert-alkyl or cyclic N) is 1. The average Bonchev–Trinajstić information content (AvgIpc) is 2.92. The molecule has 2 heterocycles. The summed E-state index contributed by atoms with van der Waals surface area (Å²) >= 11 is 1.50. The van der Waals surface area contributed by atoms with Gasteiger partial charge in [0.15, 0.2) is 0 Å². The first-order valence-electron chi connectivity index (χ1n) is 7.29. The van der Waals surface area contributed by atoms with Crippen LogP contribution in [-0.4, -0.2) is 77.8 Å². The number of hydrogen-bond donors (Lipinski definition) is 1. The van der Waals surface area contributed by atoms with Gasteiger partial charge in [-0.05, 0) is 13.8 Å². The number of thiazole rings is 1. The second-order valence-corrected chi connectivity index (χ2v) is 6.22. The zero-order valence-corrected chi connectivity index (χ0v) is 13.4. The lowest BCUT2D eigenvalue weighted by atomic mass is 10.2. The minimum absolute atomic E-state index is 0.00821. The minimum atomic E-state index is -0.464. The topological polar surface area (TPSA) is 65.9 Å². The molecule has 1 aliphatic heterocycles. The van der Waals surface area contributed by atoms with Gasteiger partial charge in [-0.3, -0.25) is 9.69 Å². The molecule has 21 heavy (non-hydrogen) atoms. The van der Waals surface area contributed by atoms with Crippen LogP contribution in [-0.2, 0) is 4.74 Å². The highest BCUT2D eigenvalue weighted by molar-refractivity contribution is 7.09. The fourth-order valence-electron chi connectivity index (χ4n) is 2.36. The Kier molecular flexibility index (Phi) is 6.10. The van der Waals surface area contributed by atoms with Gasteiger partial charge in [-0.1, -0.05) is 0 Å². The molecule has 1 aliphatic rings. The maximum absolute atomic E-state index is 12.3. The number of carbonyl (C=O) groups is 1. The normalized spacial score (nSPS) is 18.0. The molecule has 6 nitrogen and oxygen atoms in total. The van der Waals surface area contributed by atoms with Crippen LogP contribution in [0, 0.1) is 6.92 Å². The summed E-state index contributed by atoms with van der Waals surface area (Å²) in [4.78, 5) is 20.5. The Bertz CT molecular complexity index is 458. The molecule has 0 unspecified atom stereocenters. The summed E-state index contributed by atoms with van der Waals surface area (Å²) in [7, 11) is 0. The molecule has 2 rings (SSSR count). The molecule has 7 heteroatoms. The van der Waals surface area contributed by atoms with Crippen molar-refractivity contribution in [2.75, 3.05) is 45.9 Å². The van der Waals surface area contributed by atoms with Gasteiger partial charge in [0.05, 0.1) is 17.7 Å². The van der Waals surface area contributed by atoms with Crippen LogP contribution < -0.4 is 0 Å².